The molecular weight excluding hydrogens is 324 g/mol. The van der Waals surface area contributed by atoms with Gasteiger partial charge in [0.05, 0.1) is 0 Å². The highest BCUT2D eigenvalue weighted by Gasteiger charge is 2.45. The lowest BCUT2D eigenvalue weighted by atomic mass is 9.70. The van der Waals surface area contributed by atoms with E-state index < -0.39 is 0 Å². The Balaban J connectivity index is 1.91. The van der Waals surface area contributed by atoms with Crippen LogP contribution in [0.1, 0.15) is 50.4 Å². The third-order valence-electron chi connectivity index (χ3n) is 6.25. The molecule has 1 aromatic heterocycles. The molecule has 0 bridgehead atoms. The summed E-state index contributed by atoms with van der Waals surface area (Å²) in [6.45, 7) is 13.0. The number of hydrogen-bond acceptors (Lipinski definition) is 3. The number of esters is 1. The maximum Gasteiger partial charge on any atom is 0.302 e. The van der Waals surface area contributed by atoms with Crippen LogP contribution in [-0.2, 0) is 21.4 Å². The van der Waals surface area contributed by atoms with Gasteiger partial charge in [0, 0.05) is 53.4 Å². The summed E-state index contributed by atoms with van der Waals surface area (Å²) >= 11 is 0. The van der Waals surface area contributed by atoms with Gasteiger partial charge in [-0.15, -0.1) is 6.58 Å². The summed E-state index contributed by atoms with van der Waals surface area (Å²) in [5.41, 5.74) is 4.97. The van der Waals surface area contributed by atoms with Crippen LogP contribution in [0.3, 0.4) is 0 Å². The molecule has 2 aromatic rings. The molecule has 138 valence electrons. The Morgan fingerprint density at radius 2 is 2.15 bits per heavy atom. The van der Waals surface area contributed by atoms with Crippen LogP contribution < -0.4 is 5.32 Å². The normalized spacial score (nSPS) is 27.8. The van der Waals surface area contributed by atoms with Crippen molar-refractivity contribution in [2.75, 3.05) is 6.54 Å². The van der Waals surface area contributed by atoms with E-state index in [1.54, 1.807) is 0 Å². The van der Waals surface area contributed by atoms with Crippen LogP contribution in [0, 0.1) is 5.92 Å². The van der Waals surface area contributed by atoms with Gasteiger partial charge in [0.1, 0.15) is 6.10 Å². The lowest BCUT2D eigenvalue weighted by molar-refractivity contribution is -0.152. The predicted molar refractivity (Wildman–Crippen MR) is 104 cm³/mol. The third-order valence-corrected chi connectivity index (χ3v) is 6.25. The van der Waals surface area contributed by atoms with Gasteiger partial charge in [0.25, 0.3) is 0 Å². The number of allylic oxidation sites excluding steroid dienone is 1. The molecule has 0 saturated carbocycles. The van der Waals surface area contributed by atoms with Crippen molar-refractivity contribution in [2.45, 2.75) is 57.6 Å². The Hall–Kier alpha value is -2.07. The molecule has 0 spiro atoms. The van der Waals surface area contributed by atoms with Gasteiger partial charge in [0.2, 0.25) is 0 Å². The number of hydrogen-bond donors (Lipinski definition) is 2. The largest absolute Gasteiger partial charge is 0.462 e. The second-order valence-electron chi connectivity index (χ2n) is 8.47. The quantitative estimate of drug-likeness (QED) is 0.652. The zero-order chi connectivity index (χ0) is 18.6. The fourth-order valence-electron chi connectivity index (χ4n) is 4.84. The van der Waals surface area contributed by atoms with Crippen LogP contribution in [0.2, 0.25) is 0 Å². The minimum atomic E-state index is -0.192. The van der Waals surface area contributed by atoms with Crippen molar-refractivity contribution >= 4 is 16.9 Å². The van der Waals surface area contributed by atoms with Crippen molar-refractivity contribution in [2.24, 2.45) is 5.92 Å². The van der Waals surface area contributed by atoms with Crippen LogP contribution in [0.4, 0.5) is 0 Å². The molecule has 4 nitrogen and oxygen atoms in total. The van der Waals surface area contributed by atoms with Crippen molar-refractivity contribution in [1.82, 2.24) is 10.3 Å². The van der Waals surface area contributed by atoms with Gasteiger partial charge >= 0.3 is 5.97 Å². The first-order chi connectivity index (χ1) is 12.3. The third kappa shape index (κ3) is 2.50. The highest BCUT2D eigenvalue weighted by atomic mass is 16.5. The molecule has 4 heteroatoms. The average molecular weight is 352 g/mol. The van der Waals surface area contributed by atoms with Crippen LogP contribution in [0.15, 0.2) is 30.9 Å². The van der Waals surface area contributed by atoms with Crippen molar-refractivity contribution in [1.29, 1.82) is 0 Å². The molecule has 26 heavy (non-hydrogen) atoms. The summed E-state index contributed by atoms with van der Waals surface area (Å²) in [5, 5.41) is 5.03. The number of piperidine rings is 1. The summed E-state index contributed by atoms with van der Waals surface area (Å²) in [4.78, 5) is 15.4. The van der Waals surface area contributed by atoms with Crippen LogP contribution in [0.5, 0.6) is 0 Å². The molecule has 4 atom stereocenters. The Bertz CT molecular complexity index is 880. The fraction of sp³-hybridized carbons (Fsp3) is 0.500. The Morgan fingerprint density at radius 3 is 2.85 bits per heavy atom. The van der Waals surface area contributed by atoms with Gasteiger partial charge in [-0.3, -0.25) is 4.79 Å². The summed E-state index contributed by atoms with van der Waals surface area (Å²) in [7, 11) is 0. The van der Waals surface area contributed by atoms with E-state index in [9.17, 15) is 4.79 Å². The molecule has 0 radical (unpaired) electrons. The van der Waals surface area contributed by atoms with Gasteiger partial charge in [-0.1, -0.05) is 39.0 Å². The number of benzene rings is 1. The van der Waals surface area contributed by atoms with E-state index in [1.165, 1.54) is 34.6 Å². The molecule has 2 heterocycles. The molecule has 1 fully saturated rings. The molecule has 1 aliphatic heterocycles. The van der Waals surface area contributed by atoms with Crippen LogP contribution >= 0.6 is 0 Å². The monoisotopic (exact) mass is 352 g/mol. The first-order valence-electron chi connectivity index (χ1n) is 9.51. The minimum Gasteiger partial charge on any atom is -0.462 e. The molecule has 1 aliphatic carbocycles. The fourth-order valence-corrected chi connectivity index (χ4v) is 4.84. The van der Waals surface area contributed by atoms with Crippen molar-refractivity contribution in [3.8, 4) is 0 Å². The van der Waals surface area contributed by atoms with E-state index in [4.69, 9.17) is 4.74 Å². The number of H-pyrrole nitrogens is 1. The smallest absolute Gasteiger partial charge is 0.302 e. The van der Waals surface area contributed by atoms with Gasteiger partial charge in [-0.25, -0.2) is 0 Å². The van der Waals surface area contributed by atoms with Gasteiger partial charge in [-0.2, -0.15) is 0 Å². The molecular formula is C22H28N2O2. The first kappa shape index (κ1) is 17.3. The lowest BCUT2D eigenvalue weighted by Gasteiger charge is -2.44. The van der Waals surface area contributed by atoms with Gasteiger partial charge in [-0.05, 0) is 23.6 Å². The number of rotatable bonds is 3. The number of aromatic nitrogens is 1. The summed E-state index contributed by atoms with van der Waals surface area (Å²) in [6.07, 6.45) is 2.87. The summed E-state index contributed by atoms with van der Waals surface area (Å²) in [6, 6.07) is 6.74. The molecule has 1 saturated heterocycles. The number of aromatic amines is 1. The maximum atomic E-state index is 11.7. The number of carbonyl (C=O) groups excluding carboxylic acids is 1. The van der Waals surface area contributed by atoms with Crippen molar-refractivity contribution < 1.29 is 9.53 Å². The predicted octanol–water partition coefficient (Wildman–Crippen LogP) is 3.81. The topological polar surface area (TPSA) is 54.1 Å². The first-order valence-corrected chi connectivity index (χ1v) is 9.51. The maximum absolute atomic E-state index is 11.7. The number of nitrogens with one attached hydrogen (secondary N) is 2. The molecule has 4 rings (SSSR count). The SMILES string of the molecule is C=CC(C)(C)c1[nH]c2cccc3c2c1C[C@H]1NC[C@@H](C)[C@H](OC(C)=O)[C@H]31. The number of fused-ring (bicyclic) bond motifs is 2. The van der Waals surface area contributed by atoms with E-state index >= 15 is 0 Å². The molecule has 2 N–H and O–H groups in total. The van der Waals surface area contributed by atoms with Gasteiger partial charge < -0.3 is 15.0 Å². The number of carbonyl (C=O) groups is 1. The second-order valence-corrected chi connectivity index (χ2v) is 8.47. The Morgan fingerprint density at radius 1 is 1.38 bits per heavy atom. The van der Waals surface area contributed by atoms with E-state index in [0.717, 1.165) is 13.0 Å². The zero-order valence-corrected chi connectivity index (χ0v) is 16.1. The zero-order valence-electron chi connectivity index (χ0n) is 16.1. The Kier molecular flexibility index (Phi) is 3.99. The van der Waals surface area contributed by atoms with Crippen molar-refractivity contribution in [3.05, 3.63) is 47.7 Å². The minimum absolute atomic E-state index is 0.0803. The number of ether oxygens (including phenoxy) is 1. The molecule has 0 unspecified atom stereocenters. The van der Waals surface area contributed by atoms with Crippen LogP contribution in [0.25, 0.3) is 10.9 Å². The van der Waals surface area contributed by atoms with Crippen LogP contribution in [-0.4, -0.2) is 29.6 Å². The molecule has 1 aromatic carbocycles. The van der Waals surface area contributed by atoms with Crippen molar-refractivity contribution in [3.63, 3.8) is 0 Å². The molecule has 0 amide bonds. The highest BCUT2D eigenvalue weighted by Crippen LogP contribution is 2.46. The average Bonchev–Trinajstić information content (AvgIpc) is 2.98. The second kappa shape index (κ2) is 5.98. The lowest BCUT2D eigenvalue weighted by Crippen LogP contribution is -2.54. The summed E-state index contributed by atoms with van der Waals surface area (Å²) in [5.74, 6) is 0.289. The highest BCUT2D eigenvalue weighted by molar-refractivity contribution is 5.90. The summed E-state index contributed by atoms with van der Waals surface area (Å²) < 4.78 is 5.81. The van der Waals surface area contributed by atoms with E-state index in [-0.39, 0.29) is 29.4 Å². The van der Waals surface area contributed by atoms with E-state index in [2.05, 4.69) is 55.9 Å². The van der Waals surface area contributed by atoms with E-state index in [1.807, 2.05) is 6.08 Å². The Labute approximate surface area is 155 Å². The standard InChI is InChI=1S/C22H28N2O2/c1-6-22(4,5)21-15-10-17-19(14-8-7-9-16(24-21)18(14)15)20(26-13(3)25)12(2)11-23-17/h6-9,12,17,19-20,23-24H,1,10-11H2,2-5H3/t12-,17-,19-,20+/m1/s1. The van der Waals surface area contributed by atoms with E-state index in [0.29, 0.717) is 5.92 Å². The molecule has 2 aliphatic rings. The van der Waals surface area contributed by atoms with Gasteiger partial charge in [0.15, 0.2) is 0 Å².